The predicted octanol–water partition coefficient (Wildman–Crippen LogP) is 4.46. The van der Waals surface area contributed by atoms with Crippen molar-refractivity contribution in [2.75, 3.05) is 18.9 Å². The molecule has 160 valence electrons. The van der Waals surface area contributed by atoms with E-state index in [4.69, 9.17) is 10.5 Å². The number of fused-ring (bicyclic) bond motifs is 3. The van der Waals surface area contributed by atoms with Crippen molar-refractivity contribution in [3.63, 3.8) is 0 Å². The molecule has 0 radical (unpaired) electrons. The van der Waals surface area contributed by atoms with E-state index in [0.29, 0.717) is 12.1 Å². The molecule has 0 aliphatic heterocycles. The number of ether oxygens (including phenoxy) is 1. The molecule has 3 aromatic carbocycles. The van der Waals surface area contributed by atoms with E-state index < -0.39 is 11.0 Å². The van der Waals surface area contributed by atoms with E-state index in [9.17, 15) is 14.9 Å². The van der Waals surface area contributed by atoms with Crippen molar-refractivity contribution in [1.82, 2.24) is 5.32 Å². The molecule has 0 unspecified atom stereocenters. The van der Waals surface area contributed by atoms with E-state index in [1.807, 2.05) is 24.3 Å². The molecule has 3 N–H and O–H groups in total. The van der Waals surface area contributed by atoms with Gasteiger partial charge >= 0.3 is 6.09 Å². The van der Waals surface area contributed by atoms with Gasteiger partial charge in [0.15, 0.2) is 0 Å². The Kier molecular flexibility index (Phi) is 6.04. The van der Waals surface area contributed by atoms with Gasteiger partial charge in [-0.05, 0) is 34.4 Å². The first kappa shape index (κ1) is 20.9. The lowest BCUT2D eigenvalue weighted by atomic mass is 9.98. The van der Waals surface area contributed by atoms with Gasteiger partial charge in [0.2, 0.25) is 0 Å². The number of anilines is 1. The molecule has 32 heavy (non-hydrogen) atoms. The minimum atomic E-state index is -0.521. The summed E-state index contributed by atoms with van der Waals surface area (Å²) in [5.74, 6) is 5.58. The van der Waals surface area contributed by atoms with Crippen LogP contribution in [0, 0.1) is 22.0 Å². The third kappa shape index (κ3) is 4.40. The molecule has 7 nitrogen and oxygen atoms in total. The highest BCUT2D eigenvalue weighted by Crippen LogP contribution is 2.44. The Balaban J connectivity index is 1.30. The quantitative estimate of drug-likeness (QED) is 0.206. The molecular formula is C25H21N3O4. The number of nitrogens with two attached hydrogens (primary N) is 1. The van der Waals surface area contributed by atoms with Crippen LogP contribution in [0.5, 0.6) is 0 Å². The van der Waals surface area contributed by atoms with Gasteiger partial charge in [-0.1, -0.05) is 60.4 Å². The highest BCUT2D eigenvalue weighted by molar-refractivity contribution is 5.79. The van der Waals surface area contributed by atoms with Crippen LogP contribution in [-0.2, 0) is 4.74 Å². The van der Waals surface area contributed by atoms with Gasteiger partial charge in [-0.3, -0.25) is 10.1 Å². The van der Waals surface area contributed by atoms with Gasteiger partial charge in [0.25, 0.3) is 5.69 Å². The molecule has 1 aliphatic carbocycles. The van der Waals surface area contributed by atoms with Crippen molar-refractivity contribution >= 4 is 17.5 Å². The molecule has 0 saturated heterocycles. The van der Waals surface area contributed by atoms with Crippen LogP contribution in [0.4, 0.5) is 16.2 Å². The largest absolute Gasteiger partial charge is 0.449 e. The van der Waals surface area contributed by atoms with Gasteiger partial charge in [0, 0.05) is 30.6 Å². The Morgan fingerprint density at radius 1 is 1.06 bits per heavy atom. The zero-order valence-corrected chi connectivity index (χ0v) is 17.2. The van der Waals surface area contributed by atoms with Gasteiger partial charge in [0.1, 0.15) is 12.2 Å². The molecule has 0 aromatic heterocycles. The normalized spacial score (nSPS) is 11.6. The first-order valence-corrected chi connectivity index (χ1v) is 10.2. The Morgan fingerprint density at radius 3 is 2.38 bits per heavy atom. The number of nitrogen functional groups attached to an aromatic ring is 1. The molecular weight excluding hydrogens is 406 g/mol. The summed E-state index contributed by atoms with van der Waals surface area (Å²) < 4.78 is 5.47. The number of nitro groups is 1. The van der Waals surface area contributed by atoms with Crippen molar-refractivity contribution in [1.29, 1.82) is 0 Å². The third-order valence-corrected chi connectivity index (χ3v) is 5.30. The summed E-state index contributed by atoms with van der Waals surface area (Å²) >= 11 is 0. The topological polar surface area (TPSA) is 107 Å². The summed E-state index contributed by atoms with van der Waals surface area (Å²) in [6.07, 6.45) is -0.196. The molecule has 0 spiro atoms. The number of amides is 1. The van der Waals surface area contributed by atoms with E-state index in [0.717, 1.165) is 11.1 Å². The molecule has 0 bridgehead atoms. The zero-order valence-electron chi connectivity index (χ0n) is 17.2. The first-order valence-electron chi connectivity index (χ1n) is 10.2. The van der Waals surface area contributed by atoms with Crippen molar-refractivity contribution in [2.45, 2.75) is 12.3 Å². The molecule has 3 aromatic rings. The summed E-state index contributed by atoms with van der Waals surface area (Å²) in [4.78, 5) is 22.7. The Morgan fingerprint density at radius 2 is 1.72 bits per heavy atom. The average Bonchev–Trinajstić information content (AvgIpc) is 3.12. The van der Waals surface area contributed by atoms with Crippen LogP contribution in [-0.4, -0.2) is 24.2 Å². The number of carbonyl (C=O) groups excluding carboxylic acids is 1. The van der Waals surface area contributed by atoms with Crippen LogP contribution >= 0.6 is 0 Å². The van der Waals surface area contributed by atoms with Crippen LogP contribution in [0.1, 0.15) is 29.0 Å². The number of hydrogen-bond acceptors (Lipinski definition) is 5. The Labute approximate surface area is 185 Å². The van der Waals surface area contributed by atoms with E-state index in [1.165, 1.54) is 23.3 Å². The molecule has 1 aliphatic rings. The maximum Gasteiger partial charge on any atom is 0.407 e. The van der Waals surface area contributed by atoms with Gasteiger partial charge in [-0.15, -0.1) is 0 Å². The van der Waals surface area contributed by atoms with Crippen molar-refractivity contribution < 1.29 is 14.5 Å². The average molecular weight is 427 g/mol. The predicted molar refractivity (Wildman–Crippen MR) is 122 cm³/mol. The highest BCUT2D eigenvalue weighted by atomic mass is 16.6. The Hall–Kier alpha value is -4.31. The number of benzene rings is 3. The van der Waals surface area contributed by atoms with Crippen molar-refractivity contribution in [2.24, 2.45) is 0 Å². The second kappa shape index (κ2) is 9.23. The van der Waals surface area contributed by atoms with Gasteiger partial charge < -0.3 is 15.8 Å². The second-order valence-electron chi connectivity index (χ2n) is 7.34. The van der Waals surface area contributed by atoms with Crippen LogP contribution in [0.25, 0.3) is 11.1 Å². The summed E-state index contributed by atoms with van der Waals surface area (Å²) in [5.41, 5.74) is 10.7. The highest BCUT2D eigenvalue weighted by Gasteiger charge is 2.28. The molecule has 4 rings (SSSR count). The van der Waals surface area contributed by atoms with Gasteiger partial charge in [0.05, 0.1) is 4.92 Å². The number of nitrogens with zero attached hydrogens (tertiary/aromatic N) is 1. The third-order valence-electron chi connectivity index (χ3n) is 5.30. The maximum absolute atomic E-state index is 12.2. The number of nitro benzene ring substituents is 1. The number of nitrogens with one attached hydrogen (secondary N) is 1. The first-order chi connectivity index (χ1) is 15.5. The summed E-state index contributed by atoms with van der Waals surface area (Å²) in [6, 6.07) is 20.6. The number of carbonyl (C=O) groups is 1. The Bertz CT molecular complexity index is 1200. The fourth-order valence-electron chi connectivity index (χ4n) is 3.84. The smallest absolute Gasteiger partial charge is 0.407 e. The summed E-state index contributed by atoms with van der Waals surface area (Å²) in [5, 5.41) is 13.8. The zero-order chi connectivity index (χ0) is 22.5. The molecule has 0 atom stereocenters. The maximum atomic E-state index is 12.2. The monoisotopic (exact) mass is 427 g/mol. The van der Waals surface area contributed by atoms with E-state index >= 15 is 0 Å². The van der Waals surface area contributed by atoms with Gasteiger partial charge in [-0.2, -0.15) is 0 Å². The lowest BCUT2D eigenvalue weighted by molar-refractivity contribution is -0.385. The minimum absolute atomic E-state index is 0.000919. The second-order valence-corrected chi connectivity index (χ2v) is 7.34. The number of hydrogen-bond donors (Lipinski definition) is 2. The molecule has 0 fully saturated rings. The number of alkyl carbamates (subject to hydrolysis) is 1. The van der Waals surface area contributed by atoms with E-state index in [1.54, 1.807) is 6.07 Å². The summed E-state index contributed by atoms with van der Waals surface area (Å²) in [6.45, 7) is 0.510. The lowest BCUT2D eigenvalue weighted by Crippen LogP contribution is -2.26. The van der Waals surface area contributed by atoms with E-state index in [2.05, 4.69) is 41.4 Å². The SMILES string of the molecule is Nc1ccc(C#CCCNC(=O)OCC2c3ccccc3-c3ccccc32)c([N+](=O)[O-])c1. The molecule has 0 saturated carbocycles. The van der Waals surface area contributed by atoms with Crippen molar-refractivity contribution in [3.05, 3.63) is 93.5 Å². The summed E-state index contributed by atoms with van der Waals surface area (Å²) in [7, 11) is 0. The van der Waals surface area contributed by atoms with Crippen LogP contribution in [0.3, 0.4) is 0 Å². The number of rotatable bonds is 5. The van der Waals surface area contributed by atoms with Crippen LogP contribution in [0.2, 0.25) is 0 Å². The lowest BCUT2D eigenvalue weighted by Gasteiger charge is -2.14. The minimum Gasteiger partial charge on any atom is -0.449 e. The van der Waals surface area contributed by atoms with Gasteiger partial charge in [-0.25, -0.2) is 4.79 Å². The molecule has 1 amide bonds. The fourth-order valence-corrected chi connectivity index (χ4v) is 3.84. The van der Waals surface area contributed by atoms with Crippen LogP contribution in [0.15, 0.2) is 66.7 Å². The standard InChI is InChI=1S/C25H21N3O4/c26-18-13-12-17(24(15-18)28(30)31)7-5-6-14-27-25(29)32-16-23-21-10-3-1-8-19(21)20-9-2-4-11-22(20)23/h1-4,8-13,15,23H,6,14,16,26H2,(H,27,29). The van der Waals surface area contributed by atoms with Crippen molar-refractivity contribution in [3.8, 4) is 23.0 Å². The molecule has 7 heteroatoms. The van der Waals surface area contributed by atoms with E-state index in [-0.39, 0.29) is 30.3 Å². The fraction of sp³-hybridized carbons (Fsp3) is 0.160. The molecule has 0 heterocycles. The van der Waals surface area contributed by atoms with Crippen LogP contribution < -0.4 is 11.1 Å².